The molecule has 1 aliphatic heterocycles. The summed E-state index contributed by atoms with van der Waals surface area (Å²) in [6.45, 7) is 0.903. The number of nitrogen functional groups attached to an aromatic ring is 1. The molecule has 3 N–H and O–H groups in total. The molecule has 1 fully saturated rings. The third-order valence-electron chi connectivity index (χ3n) is 5.45. The Kier molecular flexibility index (Phi) is 3.31. The van der Waals surface area contributed by atoms with E-state index in [0.29, 0.717) is 11.9 Å². The Morgan fingerprint density at radius 3 is 2.46 bits per heavy atom. The van der Waals surface area contributed by atoms with Crippen molar-refractivity contribution in [3.05, 3.63) is 60.2 Å². The summed E-state index contributed by atoms with van der Waals surface area (Å²) in [5.74, 6) is 1.29. The second kappa shape index (κ2) is 5.69. The number of nitrogens with one attached hydrogen (secondary N) is 1. The van der Waals surface area contributed by atoms with Crippen LogP contribution in [0.5, 0.6) is 0 Å². The Hall–Kier alpha value is -3.15. The maximum Gasteiger partial charge on any atom is 0.236 e. The molecule has 26 heavy (non-hydrogen) atoms. The average Bonchev–Trinajstić information content (AvgIpc) is 2.98. The fraction of sp³-hybridized carbons (Fsp3) is 0.250. The van der Waals surface area contributed by atoms with Crippen LogP contribution in [0.1, 0.15) is 24.8 Å². The van der Waals surface area contributed by atoms with Gasteiger partial charge in [0.2, 0.25) is 17.8 Å². The summed E-state index contributed by atoms with van der Waals surface area (Å²) >= 11 is 0. The van der Waals surface area contributed by atoms with Gasteiger partial charge in [0.25, 0.3) is 0 Å². The molecule has 1 aliphatic carbocycles. The minimum atomic E-state index is 0.223. The predicted molar refractivity (Wildman–Crippen MR) is 103 cm³/mol. The summed E-state index contributed by atoms with van der Waals surface area (Å²) in [5, 5.41) is 3.21. The van der Waals surface area contributed by atoms with Gasteiger partial charge in [-0.1, -0.05) is 42.8 Å². The lowest BCUT2D eigenvalue weighted by Gasteiger charge is -2.38. The van der Waals surface area contributed by atoms with E-state index in [2.05, 4.69) is 49.4 Å². The number of anilines is 5. The van der Waals surface area contributed by atoms with Crippen molar-refractivity contribution in [2.75, 3.05) is 22.5 Å². The van der Waals surface area contributed by atoms with E-state index in [1.165, 1.54) is 30.5 Å². The minimum Gasteiger partial charge on any atom is -0.368 e. The van der Waals surface area contributed by atoms with Gasteiger partial charge in [-0.3, -0.25) is 0 Å². The Balaban J connectivity index is 1.53. The van der Waals surface area contributed by atoms with Gasteiger partial charge in [0.1, 0.15) is 0 Å². The molecule has 0 radical (unpaired) electrons. The van der Waals surface area contributed by atoms with Gasteiger partial charge in [-0.05, 0) is 36.6 Å². The summed E-state index contributed by atoms with van der Waals surface area (Å²) in [7, 11) is 0. The van der Waals surface area contributed by atoms with Crippen LogP contribution in [0.3, 0.4) is 0 Å². The van der Waals surface area contributed by atoms with Crippen molar-refractivity contribution in [1.82, 2.24) is 15.0 Å². The monoisotopic (exact) mass is 344 g/mol. The topological polar surface area (TPSA) is 80.0 Å². The van der Waals surface area contributed by atoms with Crippen molar-refractivity contribution in [3.63, 3.8) is 0 Å². The maximum atomic E-state index is 5.99. The zero-order valence-corrected chi connectivity index (χ0v) is 14.4. The summed E-state index contributed by atoms with van der Waals surface area (Å²) in [4.78, 5) is 15.5. The maximum absolute atomic E-state index is 5.99. The number of benzene rings is 2. The van der Waals surface area contributed by atoms with Gasteiger partial charge >= 0.3 is 0 Å². The standard InChI is InChI=1S/C20H20N6/c21-17-23-18(22-14-7-2-1-3-8-14)25-19(24-17)26-13-20(11-6-12-20)15-9-4-5-10-16(15)26/h1-5,7-10H,6,11-13H2,(H3,21,22,23,24,25). The molecule has 1 spiro atoms. The SMILES string of the molecule is Nc1nc(Nc2ccccc2)nc(N2CC3(CCC3)c3ccccc32)n1. The molecule has 130 valence electrons. The summed E-state index contributed by atoms with van der Waals surface area (Å²) in [5.41, 5.74) is 9.73. The van der Waals surface area contributed by atoms with Gasteiger partial charge in [-0.15, -0.1) is 0 Å². The molecule has 2 aliphatic rings. The molecule has 2 aromatic carbocycles. The number of para-hydroxylation sites is 2. The predicted octanol–water partition coefficient (Wildman–Crippen LogP) is 3.77. The summed E-state index contributed by atoms with van der Waals surface area (Å²) in [6, 6.07) is 18.4. The van der Waals surface area contributed by atoms with Crippen molar-refractivity contribution >= 4 is 29.2 Å². The zero-order valence-electron chi connectivity index (χ0n) is 14.4. The van der Waals surface area contributed by atoms with Crippen LogP contribution >= 0.6 is 0 Å². The van der Waals surface area contributed by atoms with E-state index in [1.807, 2.05) is 30.3 Å². The highest BCUT2D eigenvalue weighted by Gasteiger charge is 2.47. The first kappa shape index (κ1) is 15.1. The van der Waals surface area contributed by atoms with E-state index in [-0.39, 0.29) is 11.4 Å². The molecule has 3 aromatic rings. The smallest absolute Gasteiger partial charge is 0.236 e. The van der Waals surface area contributed by atoms with Crippen molar-refractivity contribution in [2.24, 2.45) is 0 Å². The largest absolute Gasteiger partial charge is 0.368 e. The Labute approximate surface area is 152 Å². The first-order valence-corrected chi connectivity index (χ1v) is 8.94. The van der Waals surface area contributed by atoms with E-state index >= 15 is 0 Å². The van der Waals surface area contributed by atoms with E-state index in [4.69, 9.17) is 5.73 Å². The molecule has 6 heteroatoms. The van der Waals surface area contributed by atoms with Crippen LogP contribution in [-0.4, -0.2) is 21.5 Å². The quantitative estimate of drug-likeness (QED) is 0.753. The van der Waals surface area contributed by atoms with E-state index in [9.17, 15) is 0 Å². The normalized spacial score (nSPS) is 17.0. The van der Waals surface area contributed by atoms with Gasteiger partial charge in [-0.2, -0.15) is 15.0 Å². The molecular weight excluding hydrogens is 324 g/mol. The van der Waals surface area contributed by atoms with Gasteiger partial charge < -0.3 is 16.0 Å². The lowest BCUT2D eigenvalue weighted by molar-refractivity contribution is 0.266. The first-order chi connectivity index (χ1) is 12.7. The molecule has 0 bridgehead atoms. The zero-order chi connectivity index (χ0) is 17.6. The fourth-order valence-electron chi connectivity index (χ4n) is 4.05. The van der Waals surface area contributed by atoms with Crippen LogP contribution in [0.4, 0.5) is 29.2 Å². The number of nitrogens with zero attached hydrogens (tertiary/aromatic N) is 4. The number of hydrogen-bond acceptors (Lipinski definition) is 6. The molecule has 1 aromatic heterocycles. The molecule has 6 nitrogen and oxygen atoms in total. The lowest BCUT2D eigenvalue weighted by Crippen LogP contribution is -2.38. The van der Waals surface area contributed by atoms with Crippen molar-refractivity contribution in [1.29, 1.82) is 0 Å². The van der Waals surface area contributed by atoms with Crippen LogP contribution in [0.2, 0.25) is 0 Å². The lowest BCUT2D eigenvalue weighted by atomic mass is 9.66. The highest BCUT2D eigenvalue weighted by Crippen LogP contribution is 2.53. The van der Waals surface area contributed by atoms with Crippen molar-refractivity contribution in [2.45, 2.75) is 24.7 Å². The minimum absolute atomic E-state index is 0.223. The Morgan fingerprint density at radius 1 is 0.923 bits per heavy atom. The van der Waals surface area contributed by atoms with E-state index in [1.54, 1.807) is 0 Å². The van der Waals surface area contributed by atoms with Crippen molar-refractivity contribution in [3.8, 4) is 0 Å². The molecule has 0 saturated heterocycles. The molecule has 1 saturated carbocycles. The van der Waals surface area contributed by atoms with Crippen LogP contribution in [0.15, 0.2) is 54.6 Å². The molecule has 2 heterocycles. The number of aromatic nitrogens is 3. The van der Waals surface area contributed by atoms with Gasteiger partial charge in [0, 0.05) is 23.3 Å². The number of hydrogen-bond donors (Lipinski definition) is 2. The number of fused-ring (bicyclic) bond motifs is 2. The van der Waals surface area contributed by atoms with Crippen LogP contribution in [0.25, 0.3) is 0 Å². The summed E-state index contributed by atoms with van der Waals surface area (Å²) in [6.07, 6.45) is 3.72. The molecule has 5 rings (SSSR count). The second-order valence-electron chi connectivity index (χ2n) is 7.05. The molecule has 0 amide bonds. The third kappa shape index (κ3) is 2.37. The number of rotatable bonds is 3. The molecular formula is C20H20N6. The van der Waals surface area contributed by atoms with E-state index in [0.717, 1.165) is 12.2 Å². The third-order valence-corrected chi connectivity index (χ3v) is 5.45. The highest BCUT2D eigenvalue weighted by atomic mass is 15.3. The van der Waals surface area contributed by atoms with Gasteiger partial charge in [0.05, 0.1) is 0 Å². The molecule has 0 unspecified atom stereocenters. The van der Waals surface area contributed by atoms with E-state index < -0.39 is 0 Å². The van der Waals surface area contributed by atoms with Gasteiger partial charge in [0.15, 0.2) is 0 Å². The Morgan fingerprint density at radius 2 is 1.69 bits per heavy atom. The summed E-state index contributed by atoms with van der Waals surface area (Å²) < 4.78 is 0. The van der Waals surface area contributed by atoms with Gasteiger partial charge in [-0.25, -0.2) is 0 Å². The first-order valence-electron chi connectivity index (χ1n) is 8.94. The highest BCUT2D eigenvalue weighted by molar-refractivity contribution is 5.71. The molecule has 0 atom stereocenters. The van der Waals surface area contributed by atoms with Crippen LogP contribution in [0, 0.1) is 0 Å². The Bertz CT molecular complexity index is 952. The van der Waals surface area contributed by atoms with Crippen LogP contribution < -0.4 is 16.0 Å². The van der Waals surface area contributed by atoms with Crippen molar-refractivity contribution < 1.29 is 0 Å². The van der Waals surface area contributed by atoms with Crippen LogP contribution in [-0.2, 0) is 5.41 Å². The average molecular weight is 344 g/mol. The number of nitrogens with two attached hydrogens (primary N) is 1. The fourth-order valence-corrected chi connectivity index (χ4v) is 4.05. The second-order valence-corrected chi connectivity index (χ2v) is 7.05.